The SMILES string of the molecule is COc1ccc(C2NCCNC2=O)c(Cl)c1. The van der Waals surface area contributed by atoms with Gasteiger partial charge < -0.3 is 15.4 Å². The predicted molar refractivity (Wildman–Crippen MR) is 61.8 cm³/mol. The third-order valence-corrected chi connectivity index (χ3v) is 2.88. The number of methoxy groups -OCH3 is 1. The Balaban J connectivity index is 2.28. The van der Waals surface area contributed by atoms with Gasteiger partial charge in [0.05, 0.1) is 7.11 Å². The average molecular weight is 241 g/mol. The number of hydrogen-bond donors (Lipinski definition) is 2. The van der Waals surface area contributed by atoms with Gasteiger partial charge in [0.1, 0.15) is 11.8 Å². The number of nitrogens with one attached hydrogen (secondary N) is 2. The monoisotopic (exact) mass is 240 g/mol. The molecule has 2 rings (SSSR count). The van der Waals surface area contributed by atoms with E-state index < -0.39 is 0 Å². The molecule has 1 fully saturated rings. The van der Waals surface area contributed by atoms with Gasteiger partial charge in [-0.1, -0.05) is 17.7 Å². The number of carbonyl (C=O) groups excluding carboxylic acids is 1. The van der Waals surface area contributed by atoms with Crippen LogP contribution in [0.15, 0.2) is 18.2 Å². The minimum Gasteiger partial charge on any atom is -0.497 e. The zero-order valence-corrected chi connectivity index (χ0v) is 9.67. The van der Waals surface area contributed by atoms with E-state index in [9.17, 15) is 4.79 Å². The second kappa shape index (κ2) is 4.72. The van der Waals surface area contributed by atoms with Crippen LogP contribution in [0.2, 0.25) is 5.02 Å². The van der Waals surface area contributed by atoms with E-state index in [4.69, 9.17) is 16.3 Å². The van der Waals surface area contributed by atoms with Crippen LogP contribution in [0.1, 0.15) is 11.6 Å². The maximum Gasteiger partial charge on any atom is 0.241 e. The number of hydrogen-bond acceptors (Lipinski definition) is 3. The van der Waals surface area contributed by atoms with Gasteiger partial charge in [-0.15, -0.1) is 0 Å². The molecule has 0 saturated carbocycles. The van der Waals surface area contributed by atoms with Crippen molar-refractivity contribution in [2.24, 2.45) is 0 Å². The van der Waals surface area contributed by atoms with Gasteiger partial charge in [-0.3, -0.25) is 4.79 Å². The van der Waals surface area contributed by atoms with E-state index in [1.807, 2.05) is 6.07 Å². The van der Waals surface area contributed by atoms with E-state index in [0.717, 1.165) is 12.1 Å². The number of halogens is 1. The Morgan fingerprint density at radius 1 is 1.44 bits per heavy atom. The van der Waals surface area contributed by atoms with Crippen LogP contribution in [-0.2, 0) is 4.79 Å². The van der Waals surface area contributed by atoms with Crippen molar-refractivity contribution in [3.8, 4) is 5.75 Å². The van der Waals surface area contributed by atoms with Crippen molar-refractivity contribution >= 4 is 17.5 Å². The molecule has 1 aromatic rings. The first kappa shape index (κ1) is 11.2. The van der Waals surface area contributed by atoms with Gasteiger partial charge in [0.25, 0.3) is 0 Å². The second-order valence-corrected chi connectivity index (χ2v) is 3.97. The molecule has 1 saturated heterocycles. The Labute approximate surface area is 98.9 Å². The molecule has 1 heterocycles. The van der Waals surface area contributed by atoms with Crippen LogP contribution in [0.25, 0.3) is 0 Å². The van der Waals surface area contributed by atoms with Crippen molar-refractivity contribution in [1.82, 2.24) is 10.6 Å². The van der Waals surface area contributed by atoms with Crippen LogP contribution in [0, 0.1) is 0 Å². The number of benzene rings is 1. The van der Waals surface area contributed by atoms with Gasteiger partial charge in [-0.05, 0) is 17.7 Å². The third-order valence-electron chi connectivity index (χ3n) is 2.55. The van der Waals surface area contributed by atoms with E-state index >= 15 is 0 Å². The molecular weight excluding hydrogens is 228 g/mol. The van der Waals surface area contributed by atoms with Gasteiger partial charge in [0.15, 0.2) is 0 Å². The highest BCUT2D eigenvalue weighted by Crippen LogP contribution is 2.27. The lowest BCUT2D eigenvalue weighted by molar-refractivity contribution is -0.124. The summed E-state index contributed by atoms with van der Waals surface area (Å²) in [6.45, 7) is 1.40. The zero-order chi connectivity index (χ0) is 11.5. The minimum absolute atomic E-state index is 0.0432. The van der Waals surface area contributed by atoms with Crippen molar-refractivity contribution in [2.75, 3.05) is 20.2 Å². The number of amides is 1. The van der Waals surface area contributed by atoms with Gasteiger partial charge in [-0.25, -0.2) is 0 Å². The molecule has 4 nitrogen and oxygen atoms in total. The largest absolute Gasteiger partial charge is 0.497 e. The van der Waals surface area contributed by atoms with Crippen LogP contribution in [0.5, 0.6) is 5.75 Å². The van der Waals surface area contributed by atoms with Crippen LogP contribution < -0.4 is 15.4 Å². The van der Waals surface area contributed by atoms with E-state index in [2.05, 4.69) is 10.6 Å². The molecule has 0 bridgehead atoms. The van der Waals surface area contributed by atoms with E-state index in [0.29, 0.717) is 17.3 Å². The first-order chi connectivity index (χ1) is 7.72. The van der Waals surface area contributed by atoms with E-state index in [1.54, 1.807) is 19.2 Å². The average Bonchev–Trinajstić information content (AvgIpc) is 2.30. The fourth-order valence-corrected chi connectivity index (χ4v) is 2.00. The third kappa shape index (κ3) is 2.13. The van der Waals surface area contributed by atoms with Crippen molar-refractivity contribution < 1.29 is 9.53 Å². The maximum atomic E-state index is 11.6. The number of piperazine rings is 1. The van der Waals surface area contributed by atoms with Crippen LogP contribution >= 0.6 is 11.6 Å². The molecule has 16 heavy (non-hydrogen) atoms. The summed E-state index contributed by atoms with van der Waals surface area (Å²) in [5.41, 5.74) is 0.777. The summed E-state index contributed by atoms with van der Waals surface area (Å²) in [6.07, 6.45) is 0. The first-order valence-corrected chi connectivity index (χ1v) is 5.44. The highest BCUT2D eigenvalue weighted by Gasteiger charge is 2.25. The Bertz CT molecular complexity index is 409. The lowest BCUT2D eigenvalue weighted by atomic mass is 10.0. The van der Waals surface area contributed by atoms with Crippen LogP contribution in [0.3, 0.4) is 0 Å². The molecule has 0 radical (unpaired) electrons. The van der Waals surface area contributed by atoms with Crippen molar-refractivity contribution in [3.63, 3.8) is 0 Å². The van der Waals surface area contributed by atoms with E-state index in [-0.39, 0.29) is 11.9 Å². The summed E-state index contributed by atoms with van der Waals surface area (Å²) in [7, 11) is 1.58. The van der Waals surface area contributed by atoms with Crippen LogP contribution in [-0.4, -0.2) is 26.1 Å². The smallest absolute Gasteiger partial charge is 0.241 e. The Kier molecular flexibility index (Phi) is 3.31. The Morgan fingerprint density at radius 3 is 2.88 bits per heavy atom. The van der Waals surface area contributed by atoms with Gasteiger partial charge in [0.2, 0.25) is 5.91 Å². The molecule has 1 aliphatic heterocycles. The molecule has 1 aromatic carbocycles. The molecule has 0 aliphatic carbocycles. The number of carbonyl (C=O) groups is 1. The normalized spacial score (nSPS) is 20.4. The highest BCUT2D eigenvalue weighted by atomic mass is 35.5. The highest BCUT2D eigenvalue weighted by molar-refractivity contribution is 6.31. The second-order valence-electron chi connectivity index (χ2n) is 3.57. The summed E-state index contributed by atoms with van der Waals surface area (Å²) in [4.78, 5) is 11.6. The molecule has 1 amide bonds. The zero-order valence-electron chi connectivity index (χ0n) is 8.92. The standard InChI is InChI=1S/C11H13ClN2O2/c1-16-7-2-3-8(9(12)6-7)10-11(15)14-5-4-13-10/h2-3,6,10,13H,4-5H2,1H3,(H,14,15). The molecule has 1 aliphatic rings. The summed E-state index contributed by atoms with van der Waals surface area (Å²) >= 11 is 6.11. The quantitative estimate of drug-likeness (QED) is 0.814. The topological polar surface area (TPSA) is 50.4 Å². The summed E-state index contributed by atoms with van der Waals surface area (Å²) in [5.74, 6) is 0.642. The van der Waals surface area contributed by atoms with Crippen LogP contribution in [0.4, 0.5) is 0 Å². The summed E-state index contributed by atoms with van der Waals surface area (Å²) in [6, 6.07) is 4.95. The van der Waals surface area contributed by atoms with Crippen molar-refractivity contribution in [1.29, 1.82) is 0 Å². The van der Waals surface area contributed by atoms with Crippen molar-refractivity contribution in [3.05, 3.63) is 28.8 Å². The maximum absolute atomic E-state index is 11.6. The lowest BCUT2D eigenvalue weighted by Crippen LogP contribution is -2.47. The molecule has 1 atom stereocenters. The molecule has 0 spiro atoms. The predicted octanol–water partition coefficient (Wildman–Crippen LogP) is 1.11. The molecule has 5 heteroatoms. The minimum atomic E-state index is -0.368. The molecule has 0 aromatic heterocycles. The fourth-order valence-electron chi connectivity index (χ4n) is 1.72. The fraction of sp³-hybridized carbons (Fsp3) is 0.364. The molecular formula is C11H13ClN2O2. The first-order valence-electron chi connectivity index (χ1n) is 5.07. The Hall–Kier alpha value is -1.26. The summed E-state index contributed by atoms with van der Waals surface area (Å²) in [5, 5.41) is 6.46. The van der Waals surface area contributed by atoms with Gasteiger partial charge >= 0.3 is 0 Å². The van der Waals surface area contributed by atoms with Gasteiger partial charge in [-0.2, -0.15) is 0 Å². The van der Waals surface area contributed by atoms with E-state index in [1.165, 1.54) is 0 Å². The molecule has 1 unspecified atom stereocenters. The molecule has 86 valence electrons. The lowest BCUT2D eigenvalue weighted by Gasteiger charge is -2.24. The molecule has 2 N–H and O–H groups in total. The Morgan fingerprint density at radius 2 is 2.25 bits per heavy atom. The van der Waals surface area contributed by atoms with Crippen molar-refractivity contribution in [2.45, 2.75) is 6.04 Å². The number of ether oxygens (including phenoxy) is 1. The van der Waals surface area contributed by atoms with Gasteiger partial charge in [0, 0.05) is 18.1 Å². The summed E-state index contributed by atoms with van der Waals surface area (Å²) < 4.78 is 5.06. The number of rotatable bonds is 2.